The van der Waals surface area contributed by atoms with Crippen molar-refractivity contribution in [2.45, 2.75) is 37.2 Å². The Morgan fingerprint density at radius 3 is 2.44 bits per heavy atom. The van der Waals surface area contributed by atoms with Crippen LogP contribution in [0, 0.1) is 0 Å². The second-order valence-electron chi connectivity index (χ2n) is 4.96. The molecule has 0 N–H and O–H groups in total. The Labute approximate surface area is 146 Å². The van der Waals surface area contributed by atoms with E-state index in [-0.39, 0.29) is 23.5 Å². The first-order valence-electron chi connectivity index (χ1n) is 7.15. The summed E-state index contributed by atoms with van der Waals surface area (Å²) in [6.45, 7) is 1.69. The lowest BCUT2D eigenvalue weighted by molar-refractivity contribution is -0.118. The van der Waals surface area contributed by atoms with Gasteiger partial charge in [0.05, 0.1) is 0 Å². The van der Waals surface area contributed by atoms with Crippen LogP contribution in [0.25, 0.3) is 0 Å². The molecule has 0 bridgehead atoms. The first-order valence-corrected chi connectivity index (χ1v) is 10.1. The fourth-order valence-electron chi connectivity index (χ4n) is 1.85. The van der Waals surface area contributed by atoms with Crippen LogP contribution >= 0.6 is 0 Å². The summed E-state index contributed by atoms with van der Waals surface area (Å²) in [4.78, 5) is 22.9. The molecule has 0 radical (unpaired) electrons. The molecule has 0 aliphatic carbocycles. The van der Waals surface area contributed by atoms with Crippen LogP contribution in [0.5, 0.6) is 5.75 Å². The van der Waals surface area contributed by atoms with Gasteiger partial charge in [0.25, 0.3) is 5.91 Å². The van der Waals surface area contributed by atoms with Gasteiger partial charge in [0.2, 0.25) is 0 Å². The van der Waals surface area contributed by atoms with E-state index in [2.05, 4.69) is 4.36 Å². The van der Waals surface area contributed by atoms with Crippen molar-refractivity contribution in [3.63, 3.8) is 0 Å². The van der Waals surface area contributed by atoms with Gasteiger partial charge >= 0.3 is 16.7 Å². The molecule has 0 heterocycles. The van der Waals surface area contributed by atoms with Gasteiger partial charge in [0.15, 0.2) is 15.6 Å². The van der Waals surface area contributed by atoms with Crippen molar-refractivity contribution in [2.24, 2.45) is 4.36 Å². The Balaban J connectivity index is 2.72. The monoisotopic (exact) mass is 391 g/mol. The molecule has 0 spiro atoms. The van der Waals surface area contributed by atoms with E-state index in [9.17, 15) is 26.4 Å². The molecule has 1 aromatic rings. The predicted octanol–water partition coefficient (Wildman–Crippen LogP) is 1.75. The predicted molar refractivity (Wildman–Crippen MR) is 86.3 cm³/mol. The molecule has 0 aliphatic heterocycles. The summed E-state index contributed by atoms with van der Waals surface area (Å²) < 4.78 is 56.6. The van der Waals surface area contributed by atoms with Crippen molar-refractivity contribution in [1.29, 1.82) is 0 Å². The Hall–Kier alpha value is -2.27. The minimum atomic E-state index is -3.59. The maximum atomic E-state index is 11.8. The smallest absolute Gasteiger partial charge is 0.431 e. The average Bonchev–Trinajstić information content (AvgIpc) is 2.50. The number of nitrogens with zero attached hydrogens (tertiary/aromatic N) is 1. The Morgan fingerprint density at radius 1 is 1.24 bits per heavy atom. The number of carbonyl (C=O) groups excluding carboxylic acids is 2. The summed E-state index contributed by atoms with van der Waals surface area (Å²) >= 11 is 0. The number of para-hydroxylation sites is 1. The number of carbonyl (C=O) groups is 2. The third-order valence-electron chi connectivity index (χ3n) is 3.02. The molecule has 0 fully saturated rings. The van der Waals surface area contributed by atoms with Crippen molar-refractivity contribution < 1.29 is 35.9 Å². The SMILES string of the molecule is CCC(CCC(=O)N=S(=O)=O)OC(=O)Oc1ccccc1S(C)(=O)=O. The molecular weight excluding hydrogens is 374 g/mol. The molecule has 0 aliphatic rings. The molecule has 0 saturated heterocycles. The highest BCUT2D eigenvalue weighted by Gasteiger charge is 2.20. The number of hydrogen-bond acceptors (Lipinski definition) is 8. The first-order chi connectivity index (χ1) is 11.6. The van der Waals surface area contributed by atoms with Crippen LogP contribution in [0.15, 0.2) is 33.5 Å². The Bertz CT molecular complexity index is 866. The van der Waals surface area contributed by atoms with Gasteiger partial charge in [-0.3, -0.25) is 4.79 Å². The van der Waals surface area contributed by atoms with Gasteiger partial charge in [-0.2, -0.15) is 8.42 Å². The lowest BCUT2D eigenvalue weighted by Gasteiger charge is -2.15. The fourth-order valence-corrected chi connectivity index (χ4v) is 2.91. The van der Waals surface area contributed by atoms with E-state index in [4.69, 9.17) is 9.47 Å². The molecule has 11 heteroatoms. The Kier molecular flexibility index (Phi) is 7.71. The first kappa shape index (κ1) is 20.8. The van der Waals surface area contributed by atoms with Crippen molar-refractivity contribution in [1.82, 2.24) is 0 Å². The molecule has 1 atom stereocenters. The molecular formula is C14H17NO8S2. The van der Waals surface area contributed by atoms with Gasteiger partial charge in [-0.15, -0.1) is 0 Å². The Morgan fingerprint density at radius 2 is 1.88 bits per heavy atom. The second-order valence-corrected chi connectivity index (χ2v) is 7.56. The highest BCUT2D eigenvalue weighted by Crippen LogP contribution is 2.24. The summed E-state index contributed by atoms with van der Waals surface area (Å²) in [5.74, 6) is -1.02. The molecule has 1 amide bonds. The van der Waals surface area contributed by atoms with Crippen LogP contribution in [0.2, 0.25) is 0 Å². The van der Waals surface area contributed by atoms with Gasteiger partial charge in [0, 0.05) is 12.7 Å². The summed E-state index contributed by atoms with van der Waals surface area (Å²) in [6, 6.07) is 5.58. The number of amides is 1. The second kappa shape index (κ2) is 9.28. The van der Waals surface area contributed by atoms with Crippen LogP contribution in [-0.2, 0) is 29.9 Å². The third kappa shape index (κ3) is 7.44. The van der Waals surface area contributed by atoms with Gasteiger partial charge in [-0.1, -0.05) is 23.4 Å². The number of benzene rings is 1. The van der Waals surface area contributed by atoms with Crippen molar-refractivity contribution in [3.05, 3.63) is 24.3 Å². The van der Waals surface area contributed by atoms with Crippen molar-refractivity contribution in [2.75, 3.05) is 6.26 Å². The number of hydrogen-bond donors (Lipinski definition) is 0. The maximum Gasteiger partial charge on any atom is 0.514 e. The molecule has 9 nitrogen and oxygen atoms in total. The zero-order valence-corrected chi connectivity index (χ0v) is 15.2. The van der Waals surface area contributed by atoms with Crippen molar-refractivity contribution in [3.8, 4) is 5.75 Å². The van der Waals surface area contributed by atoms with Crippen LogP contribution < -0.4 is 4.74 Å². The largest absolute Gasteiger partial charge is 0.514 e. The van der Waals surface area contributed by atoms with E-state index in [0.29, 0.717) is 6.42 Å². The van der Waals surface area contributed by atoms with E-state index < -0.39 is 38.5 Å². The van der Waals surface area contributed by atoms with E-state index in [1.54, 1.807) is 6.92 Å². The summed E-state index contributed by atoms with van der Waals surface area (Å²) in [6.07, 6.45) is -0.684. The molecule has 138 valence electrons. The lowest BCUT2D eigenvalue weighted by Crippen LogP contribution is -2.21. The third-order valence-corrected chi connectivity index (χ3v) is 4.51. The number of rotatable bonds is 7. The zero-order chi connectivity index (χ0) is 19.0. The summed E-state index contributed by atoms with van der Waals surface area (Å²) in [7, 11) is -6.42. The van der Waals surface area contributed by atoms with Crippen LogP contribution in [0.4, 0.5) is 4.79 Å². The number of ether oxygens (including phenoxy) is 2. The quantitative estimate of drug-likeness (QED) is 0.507. The van der Waals surface area contributed by atoms with Gasteiger partial charge < -0.3 is 9.47 Å². The summed E-state index contributed by atoms with van der Waals surface area (Å²) in [5, 5.41) is 0. The molecule has 25 heavy (non-hydrogen) atoms. The van der Waals surface area contributed by atoms with E-state index in [0.717, 1.165) is 6.26 Å². The van der Waals surface area contributed by atoms with Crippen LogP contribution in [0.1, 0.15) is 26.2 Å². The minimum absolute atomic E-state index is 0.0544. The van der Waals surface area contributed by atoms with Gasteiger partial charge in [0.1, 0.15) is 11.0 Å². The van der Waals surface area contributed by atoms with E-state index >= 15 is 0 Å². The zero-order valence-electron chi connectivity index (χ0n) is 13.5. The molecule has 1 aromatic carbocycles. The normalized spacial score (nSPS) is 12.1. The van der Waals surface area contributed by atoms with Gasteiger partial charge in [-0.05, 0) is 25.0 Å². The van der Waals surface area contributed by atoms with Crippen molar-refractivity contribution >= 4 is 32.4 Å². The molecule has 1 rings (SSSR count). The highest BCUT2D eigenvalue weighted by atomic mass is 32.2. The topological polar surface area (TPSA) is 133 Å². The van der Waals surface area contributed by atoms with Gasteiger partial charge in [-0.25, -0.2) is 13.2 Å². The van der Waals surface area contributed by atoms with Crippen LogP contribution in [0.3, 0.4) is 0 Å². The average molecular weight is 391 g/mol. The molecule has 1 unspecified atom stereocenters. The molecule has 0 saturated carbocycles. The number of sulfone groups is 1. The summed E-state index contributed by atoms with van der Waals surface area (Å²) in [5.41, 5.74) is 0. The van der Waals surface area contributed by atoms with Crippen LogP contribution in [-0.4, -0.2) is 41.3 Å². The van der Waals surface area contributed by atoms with E-state index in [1.807, 2.05) is 0 Å². The maximum absolute atomic E-state index is 11.8. The fraction of sp³-hybridized carbons (Fsp3) is 0.429. The standard InChI is InChI=1S/C14H17NO8S2/c1-3-10(8-9-13(16)15-24(18)19)22-14(17)23-11-6-4-5-7-12(11)25(2,20)21/h4-7,10H,3,8-9H2,1-2H3. The molecule has 0 aromatic heterocycles. The van der Waals surface area contributed by atoms with E-state index in [1.165, 1.54) is 24.3 Å². The highest BCUT2D eigenvalue weighted by molar-refractivity contribution is 7.90. The minimum Gasteiger partial charge on any atom is -0.431 e. The lowest BCUT2D eigenvalue weighted by atomic mass is 10.1.